The van der Waals surface area contributed by atoms with Gasteiger partial charge in [-0.2, -0.15) is 0 Å². The Hall–Kier alpha value is -0.810. The van der Waals surface area contributed by atoms with E-state index >= 15 is 0 Å². The molecule has 96 valence electrons. The Balaban J connectivity index is 1.99. The van der Waals surface area contributed by atoms with Crippen LogP contribution in [0.5, 0.6) is 0 Å². The van der Waals surface area contributed by atoms with Crippen molar-refractivity contribution in [3.8, 4) is 0 Å². The first kappa shape index (κ1) is 12.2. The molecule has 0 aromatic heterocycles. The van der Waals surface area contributed by atoms with E-state index in [1.54, 1.807) is 0 Å². The SMILES string of the molecule is CC1=C(C)C[C@@H]2[C@@H](CCP2(=O)c2ccccc2)C1. The van der Waals surface area contributed by atoms with Crippen molar-refractivity contribution in [1.29, 1.82) is 0 Å². The minimum atomic E-state index is -2.15. The van der Waals surface area contributed by atoms with Gasteiger partial charge in [0.1, 0.15) is 7.14 Å². The number of hydrogen-bond donors (Lipinski definition) is 0. The molecule has 18 heavy (non-hydrogen) atoms. The summed E-state index contributed by atoms with van der Waals surface area (Å²) in [7, 11) is -2.15. The largest absolute Gasteiger partial charge is 0.318 e. The minimum Gasteiger partial charge on any atom is -0.318 e. The Morgan fingerprint density at radius 1 is 1.06 bits per heavy atom. The van der Waals surface area contributed by atoms with E-state index in [4.69, 9.17) is 0 Å². The van der Waals surface area contributed by atoms with E-state index in [0.29, 0.717) is 11.6 Å². The van der Waals surface area contributed by atoms with E-state index in [-0.39, 0.29) is 0 Å². The fourth-order valence-electron chi connectivity index (χ4n) is 3.66. The normalized spacial score (nSPS) is 35.7. The van der Waals surface area contributed by atoms with Crippen molar-refractivity contribution in [3.63, 3.8) is 0 Å². The van der Waals surface area contributed by atoms with E-state index < -0.39 is 7.14 Å². The second-order valence-electron chi connectivity index (χ2n) is 5.94. The van der Waals surface area contributed by atoms with Crippen molar-refractivity contribution >= 4 is 12.4 Å². The molecule has 0 saturated carbocycles. The van der Waals surface area contributed by atoms with Crippen LogP contribution in [0, 0.1) is 5.92 Å². The first-order valence-electron chi connectivity index (χ1n) is 6.91. The third kappa shape index (κ3) is 1.80. The molecular weight excluding hydrogens is 239 g/mol. The molecule has 1 nitrogen and oxygen atoms in total. The molecule has 3 rings (SSSR count). The van der Waals surface area contributed by atoms with Crippen LogP contribution in [0.2, 0.25) is 0 Å². The zero-order valence-corrected chi connectivity index (χ0v) is 12.1. The summed E-state index contributed by atoms with van der Waals surface area (Å²) in [5, 5.41) is 1.12. The molecule has 1 unspecified atom stereocenters. The molecule has 0 spiro atoms. The molecule has 0 amide bonds. The smallest absolute Gasteiger partial charge is 0.119 e. The summed E-state index contributed by atoms with van der Waals surface area (Å²) in [5.74, 6) is 0.666. The van der Waals surface area contributed by atoms with Crippen LogP contribution in [0.4, 0.5) is 0 Å². The van der Waals surface area contributed by atoms with E-state index in [1.807, 2.05) is 18.2 Å². The maximum Gasteiger partial charge on any atom is 0.119 e. The van der Waals surface area contributed by atoms with Gasteiger partial charge in [0.2, 0.25) is 0 Å². The van der Waals surface area contributed by atoms with Crippen LogP contribution < -0.4 is 5.30 Å². The lowest BCUT2D eigenvalue weighted by molar-refractivity contribution is 0.469. The molecule has 3 atom stereocenters. The summed E-state index contributed by atoms with van der Waals surface area (Å²) in [5.41, 5.74) is 3.44. The Labute approximate surface area is 110 Å². The van der Waals surface area contributed by atoms with Crippen molar-refractivity contribution < 1.29 is 4.57 Å². The second kappa shape index (κ2) is 4.38. The molecule has 2 heteroatoms. The Bertz CT molecular complexity index is 529. The van der Waals surface area contributed by atoms with Gasteiger partial charge in [0, 0.05) is 17.1 Å². The molecule has 2 aliphatic rings. The van der Waals surface area contributed by atoms with Gasteiger partial charge >= 0.3 is 0 Å². The standard InChI is InChI=1S/C16H21OP/c1-12-10-14-8-9-18(17,16(14)11-13(12)2)15-6-4-3-5-7-15/h3-7,14,16H,8-11H2,1-2H3/t14-,16+,18?/m0/s1. The van der Waals surface area contributed by atoms with Crippen LogP contribution in [0.1, 0.15) is 33.1 Å². The zero-order chi connectivity index (χ0) is 12.8. The van der Waals surface area contributed by atoms with Gasteiger partial charge in [-0.05, 0) is 39.0 Å². The summed E-state index contributed by atoms with van der Waals surface area (Å²) >= 11 is 0. The van der Waals surface area contributed by atoms with Crippen LogP contribution >= 0.6 is 7.14 Å². The quantitative estimate of drug-likeness (QED) is 0.546. The van der Waals surface area contributed by atoms with Gasteiger partial charge in [0.25, 0.3) is 0 Å². The Morgan fingerprint density at radius 2 is 1.72 bits per heavy atom. The van der Waals surface area contributed by atoms with E-state index in [1.165, 1.54) is 17.6 Å². The molecule has 1 aliphatic heterocycles. The molecule has 0 N–H and O–H groups in total. The van der Waals surface area contributed by atoms with Crippen molar-refractivity contribution in [3.05, 3.63) is 41.5 Å². The van der Waals surface area contributed by atoms with Crippen LogP contribution in [0.25, 0.3) is 0 Å². The van der Waals surface area contributed by atoms with Crippen LogP contribution in [0.15, 0.2) is 41.5 Å². The molecule has 0 radical (unpaired) electrons. The predicted octanol–water partition coefficient (Wildman–Crippen LogP) is 4.19. The first-order chi connectivity index (χ1) is 8.61. The third-order valence-corrected chi connectivity index (χ3v) is 8.69. The highest BCUT2D eigenvalue weighted by Gasteiger charge is 2.46. The number of rotatable bonds is 1. The topological polar surface area (TPSA) is 17.1 Å². The molecule has 1 saturated heterocycles. The van der Waals surface area contributed by atoms with Crippen LogP contribution in [-0.2, 0) is 4.57 Å². The second-order valence-corrected chi connectivity index (χ2v) is 9.16. The lowest BCUT2D eigenvalue weighted by Crippen LogP contribution is -2.23. The number of hydrogen-bond acceptors (Lipinski definition) is 1. The average Bonchev–Trinajstić information content (AvgIpc) is 2.70. The van der Waals surface area contributed by atoms with Crippen LogP contribution in [0.3, 0.4) is 0 Å². The van der Waals surface area contributed by atoms with E-state index in [0.717, 1.165) is 24.3 Å². The fraction of sp³-hybridized carbons (Fsp3) is 0.500. The van der Waals surface area contributed by atoms with Crippen LogP contribution in [-0.4, -0.2) is 11.8 Å². The van der Waals surface area contributed by atoms with Gasteiger partial charge in [-0.3, -0.25) is 0 Å². The molecule has 1 heterocycles. The maximum atomic E-state index is 13.4. The number of fused-ring (bicyclic) bond motifs is 1. The minimum absolute atomic E-state index is 0.420. The maximum absolute atomic E-state index is 13.4. The lowest BCUT2D eigenvalue weighted by Gasteiger charge is -2.31. The Kier molecular flexibility index (Phi) is 2.98. The van der Waals surface area contributed by atoms with Gasteiger partial charge in [-0.1, -0.05) is 41.5 Å². The lowest BCUT2D eigenvalue weighted by atomic mass is 9.83. The monoisotopic (exact) mass is 260 g/mol. The summed E-state index contributed by atoms with van der Waals surface area (Å²) in [6.07, 6.45) is 4.31. The zero-order valence-electron chi connectivity index (χ0n) is 11.2. The molecule has 1 aliphatic carbocycles. The molecule has 1 aromatic rings. The highest BCUT2D eigenvalue weighted by molar-refractivity contribution is 7.72. The van der Waals surface area contributed by atoms with Gasteiger partial charge in [0.05, 0.1) is 0 Å². The van der Waals surface area contributed by atoms with Gasteiger partial charge in [-0.15, -0.1) is 0 Å². The van der Waals surface area contributed by atoms with Gasteiger partial charge in [-0.25, -0.2) is 0 Å². The third-order valence-electron chi connectivity index (χ3n) is 4.92. The van der Waals surface area contributed by atoms with Gasteiger partial charge in [0.15, 0.2) is 0 Å². The predicted molar refractivity (Wildman–Crippen MR) is 78.1 cm³/mol. The van der Waals surface area contributed by atoms with Crippen molar-refractivity contribution in [1.82, 2.24) is 0 Å². The average molecular weight is 260 g/mol. The molecular formula is C16H21OP. The summed E-state index contributed by atoms with van der Waals surface area (Å²) in [6.45, 7) is 4.47. The van der Waals surface area contributed by atoms with Gasteiger partial charge < -0.3 is 4.57 Å². The Morgan fingerprint density at radius 3 is 2.44 bits per heavy atom. The summed E-state index contributed by atoms with van der Waals surface area (Å²) < 4.78 is 13.4. The number of allylic oxidation sites excluding steroid dienone is 2. The molecule has 1 fully saturated rings. The highest BCUT2D eigenvalue weighted by Crippen LogP contribution is 2.63. The number of benzene rings is 1. The van der Waals surface area contributed by atoms with Crippen molar-refractivity contribution in [2.75, 3.05) is 6.16 Å². The first-order valence-corrected chi connectivity index (χ1v) is 8.87. The van der Waals surface area contributed by atoms with Crippen molar-refractivity contribution in [2.24, 2.45) is 5.92 Å². The van der Waals surface area contributed by atoms with E-state index in [2.05, 4.69) is 26.0 Å². The fourth-order valence-corrected chi connectivity index (χ4v) is 7.53. The molecule has 0 bridgehead atoms. The van der Waals surface area contributed by atoms with E-state index in [9.17, 15) is 4.57 Å². The highest BCUT2D eigenvalue weighted by atomic mass is 31.2. The summed E-state index contributed by atoms with van der Waals surface area (Å²) in [6, 6.07) is 10.2. The van der Waals surface area contributed by atoms with Crippen molar-refractivity contribution in [2.45, 2.75) is 38.8 Å². The molecule has 1 aromatic carbocycles. The summed E-state index contributed by atoms with van der Waals surface area (Å²) in [4.78, 5) is 0.